The maximum atomic E-state index is 4.58. The van der Waals surface area contributed by atoms with Crippen molar-refractivity contribution < 1.29 is 0 Å². The molecular formula is C16H29N3. The van der Waals surface area contributed by atoms with Crippen molar-refractivity contribution in [3.05, 3.63) is 28.6 Å². The highest BCUT2D eigenvalue weighted by molar-refractivity contribution is 5.33. The minimum atomic E-state index is 0.382. The van der Waals surface area contributed by atoms with Gasteiger partial charge in [0.2, 0.25) is 0 Å². The van der Waals surface area contributed by atoms with Crippen molar-refractivity contribution in [2.45, 2.75) is 46.6 Å². The van der Waals surface area contributed by atoms with Crippen LogP contribution in [-0.2, 0) is 0 Å². The summed E-state index contributed by atoms with van der Waals surface area (Å²) in [6, 6.07) is 2.56. The van der Waals surface area contributed by atoms with E-state index in [1.54, 1.807) is 0 Å². The third-order valence-corrected chi connectivity index (χ3v) is 3.50. The molecule has 0 aliphatic rings. The predicted molar refractivity (Wildman–Crippen MR) is 82.7 cm³/mol. The van der Waals surface area contributed by atoms with Crippen LogP contribution in [0.4, 0.5) is 0 Å². The smallest absolute Gasteiger partial charge is 0.0426 e. The molecule has 0 aliphatic heterocycles. The Kier molecular flexibility index (Phi) is 6.46. The average molecular weight is 263 g/mol. The highest BCUT2D eigenvalue weighted by Gasteiger charge is 2.12. The molecule has 0 saturated carbocycles. The number of aromatic nitrogens is 1. The number of pyridine rings is 1. The van der Waals surface area contributed by atoms with Crippen LogP contribution >= 0.6 is 0 Å². The van der Waals surface area contributed by atoms with Gasteiger partial charge in [-0.05, 0) is 84.9 Å². The molecular weight excluding hydrogens is 234 g/mol. The van der Waals surface area contributed by atoms with Crippen molar-refractivity contribution in [2.75, 3.05) is 27.2 Å². The van der Waals surface area contributed by atoms with Crippen LogP contribution in [0.3, 0.4) is 0 Å². The standard InChI is InChI=1S/C16H29N3/c1-12-11-13(2)18-15(4)16(12)14(3)17-9-7-8-10-19(5)6/h11,14,17H,7-10H2,1-6H3. The van der Waals surface area contributed by atoms with Gasteiger partial charge in [-0.25, -0.2) is 0 Å². The molecule has 0 aliphatic carbocycles. The van der Waals surface area contributed by atoms with Crippen molar-refractivity contribution in [1.82, 2.24) is 15.2 Å². The number of hydrogen-bond donors (Lipinski definition) is 1. The van der Waals surface area contributed by atoms with Crippen LogP contribution < -0.4 is 5.32 Å². The summed E-state index contributed by atoms with van der Waals surface area (Å²) in [4.78, 5) is 6.81. The summed E-state index contributed by atoms with van der Waals surface area (Å²) in [5.41, 5.74) is 4.97. The van der Waals surface area contributed by atoms with Gasteiger partial charge in [-0.15, -0.1) is 0 Å². The van der Waals surface area contributed by atoms with Crippen LogP contribution in [0.15, 0.2) is 6.07 Å². The zero-order valence-electron chi connectivity index (χ0n) is 13.4. The molecule has 1 unspecified atom stereocenters. The Labute approximate surface area is 118 Å². The Morgan fingerprint density at radius 1 is 1.21 bits per heavy atom. The zero-order chi connectivity index (χ0) is 14.4. The van der Waals surface area contributed by atoms with E-state index < -0.39 is 0 Å². The minimum Gasteiger partial charge on any atom is -0.310 e. The predicted octanol–water partition coefficient (Wildman–Crippen LogP) is 3.00. The van der Waals surface area contributed by atoms with Crippen molar-refractivity contribution in [3.8, 4) is 0 Å². The Hall–Kier alpha value is -0.930. The van der Waals surface area contributed by atoms with E-state index in [1.165, 1.54) is 30.5 Å². The number of nitrogens with one attached hydrogen (secondary N) is 1. The molecule has 108 valence electrons. The number of rotatable bonds is 7. The number of hydrogen-bond acceptors (Lipinski definition) is 3. The Morgan fingerprint density at radius 3 is 2.47 bits per heavy atom. The molecule has 0 bridgehead atoms. The van der Waals surface area contributed by atoms with E-state index >= 15 is 0 Å². The van der Waals surface area contributed by atoms with Crippen LogP contribution in [0.25, 0.3) is 0 Å². The SMILES string of the molecule is Cc1cc(C)c(C(C)NCCCCN(C)C)c(C)n1. The first-order valence-electron chi connectivity index (χ1n) is 7.24. The first-order chi connectivity index (χ1) is 8.91. The van der Waals surface area contributed by atoms with Crippen molar-refractivity contribution in [3.63, 3.8) is 0 Å². The lowest BCUT2D eigenvalue weighted by molar-refractivity contribution is 0.389. The zero-order valence-corrected chi connectivity index (χ0v) is 13.4. The number of aryl methyl sites for hydroxylation is 3. The van der Waals surface area contributed by atoms with E-state index in [2.05, 4.69) is 63.1 Å². The monoisotopic (exact) mass is 263 g/mol. The highest BCUT2D eigenvalue weighted by Crippen LogP contribution is 2.21. The van der Waals surface area contributed by atoms with Gasteiger partial charge in [0.1, 0.15) is 0 Å². The lowest BCUT2D eigenvalue weighted by atomic mass is 10.0. The van der Waals surface area contributed by atoms with E-state index in [9.17, 15) is 0 Å². The fraction of sp³-hybridized carbons (Fsp3) is 0.688. The van der Waals surface area contributed by atoms with Gasteiger partial charge in [0, 0.05) is 17.4 Å². The molecule has 1 heterocycles. The van der Waals surface area contributed by atoms with Gasteiger partial charge in [0.25, 0.3) is 0 Å². The van der Waals surface area contributed by atoms with Gasteiger partial charge < -0.3 is 10.2 Å². The maximum Gasteiger partial charge on any atom is 0.0426 e. The maximum absolute atomic E-state index is 4.58. The lowest BCUT2D eigenvalue weighted by Gasteiger charge is -2.19. The van der Waals surface area contributed by atoms with Crippen LogP contribution in [0.5, 0.6) is 0 Å². The third-order valence-electron chi connectivity index (χ3n) is 3.50. The van der Waals surface area contributed by atoms with Gasteiger partial charge in [-0.2, -0.15) is 0 Å². The van der Waals surface area contributed by atoms with E-state index in [1.807, 2.05) is 0 Å². The number of unbranched alkanes of at least 4 members (excludes halogenated alkanes) is 1. The second kappa shape index (κ2) is 7.61. The largest absolute Gasteiger partial charge is 0.310 e. The van der Waals surface area contributed by atoms with Crippen LogP contribution in [0.2, 0.25) is 0 Å². The van der Waals surface area contributed by atoms with E-state index in [4.69, 9.17) is 0 Å². The van der Waals surface area contributed by atoms with E-state index in [0.717, 1.165) is 17.9 Å². The van der Waals surface area contributed by atoms with Crippen molar-refractivity contribution in [1.29, 1.82) is 0 Å². The molecule has 3 nitrogen and oxygen atoms in total. The van der Waals surface area contributed by atoms with Crippen LogP contribution in [-0.4, -0.2) is 37.1 Å². The van der Waals surface area contributed by atoms with Gasteiger partial charge in [0.05, 0.1) is 0 Å². The van der Waals surface area contributed by atoms with Crippen LogP contribution in [0.1, 0.15) is 48.3 Å². The quantitative estimate of drug-likeness (QED) is 0.767. The molecule has 0 radical (unpaired) electrons. The van der Waals surface area contributed by atoms with Gasteiger partial charge in [-0.3, -0.25) is 4.98 Å². The van der Waals surface area contributed by atoms with Gasteiger partial charge >= 0.3 is 0 Å². The molecule has 1 aromatic heterocycles. The molecule has 0 spiro atoms. The van der Waals surface area contributed by atoms with Gasteiger partial charge in [0.15, 0.2) is 0 Å². The highest BCUT2D eigenvalue weighted by atomic mass is 15.0. The summed E-state index contributed by atoms with van der Waals surface area (Å²) in [7, 11) is 4.25. The second-order valence-corrected chi connectivity index (χ2v) is 5.77. The molecule has 1 aromatic rings. The first kappa shape index (κ1) is 16.1. The summed E-state index contributed by atoms with van der Waals surface area (Å²) >= 11 is 0. The Morgan fingerprint density at radius 2 is 1.89 bits per heavy atom. The summed E-state index contributed by atoms with van der Waals surface area (Å²) in [5.74, 6) is 0. The topological polar surface area (TPSA) is 28.2 Å². The van der Waals surface area contributed by atoms with Gasteiger partial charge in [-0.1, -0.05) is 0 Å². The molecule has 0 fully saturated rings. The van der Waals surface area contributed by atoms with E-state index in [0.29, 0.717) is 6.04 Å². The summed E-state index contributed by atoms with van der Waals surface area (Å²) in [5, 5.41) is 3.62. The van der Waals surface area contributed by atoms with Crippen LogP contribution in [0, 0.1) is 20.8 Å². The fourth-order valence-electron chi connectivity index (χ4n) is 2.66. The molecule has 1 N–H and O–H groups in total. The van der Waals surface area contributed by atoms with E-state index in [-0.39, 0.29) is 0 Å². The second-order valence-electron chi connectivity index (χ2n) is 5.77. The first-order valence-corrected chi connectivity index (χ1v) is 7.24. The lowest BCUT2D eigenvalue weighted by Crippen LogP contribution is -2.23. The van der Waals surface area contributed by atoms with Crippen molar-refractivity contribution >= 4 is 0 Å². The Balaban J connectivity index is 2.48. The Bertz CT molecular complexity index is 376. The molecule has 1 atom stereocenters. The summed E-state index contributed by atoms with van der Waals surface area (Å²) in [6.07, 6.45) is 2.47. The molecule has 0 aromatic carbocycles. The molecule has 1 rings (SSSR count). The molecule has 0 saturated heterocycles. The average Bonchev–Trinajstić information content (AvgIpc) is 2.26. The normalized spacial score (nSPS) is 13.0. The fourth-order valence-corrected chi connectivity index (χ4v) is 2.66. The number of nitrogens with zero attached hydrogens (tertiary/aromatic N) is 2. The summed E-state index contributed by atoms with van der Waals surface area (Å²) < 4.78 is 0. The molecule has 0 amide bonds. The molecule has 19 heavy (non-hydrogen) atoms. The minimum absolute atomic E-state index is 0.382. The molecule has 3 heteroatoms. The summed E-state index contributed by atoms with van der Waals surface area (Å²) in [6.45, 7) is 10.8. The van der Waals surface area contributed by atoms with Crippen molar-refractivity contribution in [2.24, 2.45) is 0 Å². The third kappa shape index (κ3) is 5.29.